The zero-order chi connectivity index (χ0) is 14.7. The Morgan fingerprint density at radius 2 is 2.15 bits per heavy atom. The summed E-state index contributed by atoms with van der Waals surface area (Å²) in [4.78, 5) is 24.9. The van der Waals surface area contributed by atoms with E-state index in [0.717, 1.165) is 31.5 Å². The molecule has 0 aromatic heterocycles. The maximum absolute atomic E-state index is 12.2. The molecule has 1 aromatic carbocycles. The van der Waals surface area contributed by atoms with Gasteiger partial charge in [-0.25, -0.2) is 9.59 Å². The Labute approximate surface area is 118 Å². The number of hydrogen-bond acceptors (Lipinski definition) is 2. The number of urea groups is 1. The summed E-state index contributed by atoms with van der Waals surface area (Å²) >= 11 is 0. The van der Waals surface area contributed by atoms with E-state index in [1.807, 2.05) is 4.90 Å². The van der Waals surface area contributed by atoms with Crippen molar-refractivity contribution in [3.05, 3.63) is 29.3 Å². The molecule has 2 amide bonds. The first kappa shape index (κ1) is 14.4. The fraction of sp³-hybridized carbons (Fsp3) is 0.467. The lowest BCUT2D eigenvalue weighted by Gasteiger charge is -2.31. The summed E-state index contributed by atoms with van der Waals surface area (Å²) in [5.74, 6) is -0.430. The van der Waals surface area contributed by atoms with Crippen molar-refractivity contribution >= 4 is 17.7 Å². The van der Waals surface area contributed by atoms with Crippen molar-refractivity contribution < 1.29 is 14.7 Å². The van der Waals surface area contributed by atoms with E-state index in [0.29, 0.717) is 11.6 Å². The number of piperidine rings is 1. The monoisotopic (exact) mass is 276 g/mol. The molecule has 1 aliphatic heterocycles. The number of rotatable bonds is 2. The van der Waals surface area contributed by atoms with Crippen LogP contribution in [0.25, 0.3) is 0 Å². The quantitative estimate of drug-likeness (QED) is 0.872. The molecule has 108 valence electrons. The molecule has 0 saturated carbocycles. The summed E-state index contributed by atoms with van der Waals surface area (Å²) < 4.78 is 0. The zero-order valence-corrected chi connectivity index (χ0v) is 11.8. The Morgan fingerprint density at radius 1 is 1.40 bits per heavy atom. The molecule has 5 nitrogen and oxygen atoms in total. The predicted molar refractivity (Wildman–Crippen MR) is 77.1 cm³/mol. The maximum atomic E-state index is 12.2. The van der Waals surface area contributed by atoms with E-state index in [-0.39, 0.29) is 11.6 Å². The van der Waals surface area contributed by atoms with Crippen molar-refractivity contribution in [3.63, 3.8) is 0 Å². The summed E-state index contributed by atoms with van der Waals surface area (Å²) in [6.45, 7) is 5.49. The second-order valence-electron chi connectivity index (χ2n) is 5.46. The van der Waals surface area contributed by atoms with Crippen LogP contribution >= 0.6 is 0 Å². The third-order valence-corrected chi connectivity index (χ3v) is 3.66. The van der Waals surface area contributed by atoms with Gasteiger partial charge in [-0.3, -0.25) is 0 Å². The molecule has 1 aliphatic rings. The topological polar surface area (TPSA) is 69.6 Å². The molecule has 20 heavy (non-hydrogen) atoms. The van der Waals surface area contributed by atoms with Crippen LogP contribution in [0.3, 0.4) is 0 Å². The highest BCUT2D eigenvalue weighted by molar-refractivity contribution is 5.92. The van der Waals surface area contributed by atoms with Crippen LogP contribution in [-0.4, -0.2) is 35.1 Å². The van der Waals surface area contributed by atoms with Crippen LogP contribution in [0.2, 0.25) is 0 Å². The van der Waals surface area contributed by atoms with Crippen LogP contribution in [-0.2, 0) is 0 Å². The van der Waals surface area contributed by atoms with E-state index in [4.69, 9.17) is 5.11 Å². The van der Waals surface area contributed by atoms with E-state index < -0.39 is 5.97 Å². The lowest BCUT2D eigenvalue weighted by molar-refractivity contribution is 0.0697. The first-order valence-corrected chi connectivity index (χ1v) is 6.87. The number of likely N-dealkylation sites (tertiary alicyclic amines) is 1. The highest BCUT2D eigenvalue weighted by Gasteiger charge is 2.21. The standard InChI is InChI=1S/C15H20N2O3/c1-10-4-3-7-17(9-10)15(20)16-13-6-5-12(14(18)19)8-11(13)2/h5-6,8,10H,3-4,7,9H2,1-2H3,(H,16,20)(H,18,19). The Morgan fingerprint density at radius 3 is 2.75 bits per heavy atom. The van der Waals surface area contributed by atoms with Gasteiger partial charge in [-0.1, -0.05) is 6.92 Å². The Bertz CT molecular complexity index is 528. The smallest absolute Gasteiger partial charge is 0.335 e. The third kappa shape index (κ3) is 3.29. The summed E-state index contributed by atoms with van der Waals surface area (Å²) in [7, 11) is 0. The molecule has 1 fully saturated rings. The van der Waals surface area contributed by atoms with Crippen molar-refractivity contribution in [1.82, 2.24) is 4.90 Å². The van der Waals surface area contributed by atoms with Gasteiger partial charge in [-0.2, -0.15) is 0 Å². The average molecular weight is 276 g/mol. The van der Waals surface area contributed by atoms with E-state index >= 15 is 0 Å². The number of hydrogen-bond donors (Lipinski definition) is 2. The highest BCUT2D eigenvalue weighted by atomic mass is 16.4. The SMILES string of the molecule is Cc1cc(C(=O)O)ccc1NC(=O)N1CCCC(C)C1. The highest BCUT2D eigenvalue weighted by Crippen LogP contribution is 2.20. The summed E-state index contributed by atoms with van der Waals surface area (Å²) in [6, 6.07) is 4.60. The van der Waals surface area contributed by atoms with Gasteiger partial charge in [0.15, 0.2) is 0 Å². The number of nitrogens with one attached hydrogen (secondary N) is 1. The van der Waals surface area contributed by atoms with Gasteiger partial charge in [0, 0.05) is 18.8 Å². The first-order chi connectivity index (χ1) is 9.47. The lowest BCUT2D eigenvalue weighted by Crippen LogP contribution is -2.41. The fourth-order valence-corrected chi connectivity index (χ4v) is 2.51. The fourth-order valence-electron chi connectivity index (χ4n) is 2.51. The number of nitrogens with zero attached hydrogens (tertiary/aromatic N) is 1. The van der Waals surface area contributed by atoms with Gasteiger partial charge in [0.1, 0.15) is 0 Å². The number of carbonyl (C=O) groups excluding carboxylic acids is 1. The molecule has 5 heteroatoms. The van der Waals surface area contributed by atoms with Crippen molar-refractivity contribution in [2.75, 3.05) is 18.4 Å². The van der Waals surface area contributed by atoms with Crippen LogP contribution in [0, 0.1) is 12.8 Å². The second-order valence-corrected chi connectivity index (χ2v) is 5.46. The molecule has 0 spiro atoms. The number of benzene rings is 1. The zero-order valence-electron chi connectivity index (χ0n) is 11.8. The minimum absolute atomic E-state index is 0.109. The molecular weight excluding hydrogens is 256 g/mol. The Balaban J connectivity index is 2.06. The van der Waals surface area contributed by atoms with E-state index in [1.54, 1.807) is 19.1 Å². The van der Waals surface area contributed by atoms with Gasteiger partial charge in [0.25, 0.3) is 0 Å². The first-order valence-electron chi connectivity index (χ1n) is 6.87. The van der Waals surface area contributed by atoms with Gasteiger partial charge < -0.3 is 15.3 Å². The largest absolute Gasteiger partial charge is 0.478 e. The minimum Gasteiger partial charge on any atom is -0.478 e. The number of amides is 2. The summed E-state index contributed by atoms with van der Waals surface area (Å²) in [5, 5.41) is 11.8. The van der Waals surface area contributed by atoms with E-state index in [1.165, 1.54) is 6.07 Å². The van der Waals surface area contributed by atoms with Crippen molar-refractivity contribution in [2.24, 2.45) is 5.92 Å². The lowest BCUT2D eigenvalue weighted by atomic mass is 10.0. The van der Waals surface area contributed by atoms with Crippen molar-refractivity contribution in [3.8, 4) is 0 Å². The number of carboxylic acid groups (broad SMARTS) is 1. The van der Waals surface area contributed by atoms with Gasteiger partial charge in [-0.05, 0) is 49.4 Å². The number of carboxylic acids is 1. The Hall–Kier alpha value is -2.04. The van der Waals surface area contributed by atoms with Gasteiger partial charge >= 0.3 is 12.0 Å². The summed E-state index contributed by atoms with van der Waals surface area (Å²) in [5.41, 5.74) is 1.65. The minimum atomic E-state index is -0.962. The second kappa shape index (κ2) is 5.94. The van der Waals surface area contributed by atoms with Gasteiger partial charge in [0.05, 0.1) is 5.56 Å². The van der Waals surface area contributed by atoms with Crippen LogP contribution < -0.4 is 5.32 Å². The van der Waals surface area contributed by atoms with Crippen LogP contribution in [0.5, 0.6) is 0 Å². The number of anilines is 1. The molecule has 0 aliphatic carbocycles. The van der Waals surface area contributed by atoms with Crippen LogP contribution in [0.1, 0.15) is 35.7 Å². The molecule has 2 rings (SSSR count). The number of aryl methyl sites for hydroxylation is 1. The van der Waals surface area contributed by atoms with Crippen molar-refractivity contribution in [2.45, 2.75) is 26.7 Å². The number of aromatic carboxylic acids is 1. The maximum Gasteiger partial charge on any atom is 0.335 e. The van der Waals surface area contributed by atoms with E-state index in [9.17, 15) is 9.59 Å². The molecule has 1 atom stereocenters. The van der Waals surface area contributed by atoms with Gasteiger partial charge in [0.2, 0.25) is 0 Å². The van der Waals surface area contributed by atoms with Crippen LogP contribution in [0.4, 0.5) is 10.5 Å². The molecule has 1 heterocycles. The molecule has 1 unspecified atom stereocenters. The summed E-state index contributed by atoms with van der Waals surface area (Å²) in [6.07, 6.45) is 2.20. The predicted octanol–water partition coefficient (Wildman–Crippen LogP) is 2.96. The van der Waals surface area contributed by atoms with Gasteiger partial charge in [-0.15, -0.1) is 0 Å². The van der Waals surface area contributed by atoms with Crippen LogP contribution in [0.15, 0.2) is 18.2 Å². The molecule has 1 aromatic rings. The molecular formula is C15H20N2O3. The Kier molecular flexibility index (Phi) is 4.27. The van der Waals surface area contributed by atoms with E-state index in [2.05, 4.69) is 12.2 Å². The molecule has 2 N–H and O–H groups in total. The molecule has 1 saturated heterocycles. The number of carbonyl (C=O) groups is 2. The normalized spacial score (nSPS) is 18.7. The third-order valence-electron chi connectivity index (χ3n) is 3.66. The molecule has 0 bridgehead atoms. The molecule has 0 radical (unpaired) electrons. The average Bonchev–Trinajstić information content (AvgIpc) is 2.40. The van der Waals surface area contributed by atoms with Crippen molar-refractivity contribution in [1.29, 1.82) is 0 Å².